The van der Waals surface area contributed by atoms with Crippen molar-refractivity contribution in [1.82, 2.24) is 5.32 Å². The summed E-state index contributed by atoms with van der Waals surface area (Å²) < 4.78 is 25.4. The summed E-state index contributed by atoms with van der Waals surface area (Å²) >= 11 is 2.07. The molecule has 170 valence electrons. The summed E-state index contributed by atoms with van der Waals surface area (Å²) in [6.45, 7) is 2.40. The number of hydrogen-bond donors (Lipinski definition) is 2. The number of carbonyl (C=O) groups excluding carboxylic acids is 1. The van der Waals surface area contributed by atoms with Crippen molar-refractivity contribution in [2.75, 3.05) is 6.61 Å². The molecule has 0 heterocycles. The van der Waals surface area contributed by atoms with E-state index in [0.29, 0.717) is 32.8 Å². The number of rotatable bonds is 9. The van der Waals surface area contributed by atoms with Crippen molar-refractivity contribution in [1.29, 1.82) is 0 Å². The van der Waals surface area contributed by atoms with Crippen LogP contribution < -0.4 is 14.8 Å². The lowest BCUT2D eigenvalue weighted by Gasteiger charge is -2.15. The standard InChI is InChI=1S/C25H21FINO5/c1-2-32-22-14-17(12-20(27)23(22)33-15-16-8-10-19(26)11-9-16)13-21(25(30)31)28-24(29)18-6-4-3-5-7-18/h3-14H,2,15H2,1H3,(H,28,29)(H,30,31). The minimum atomic E-state index is -1.27. The SMILES string of the molecule is CCOc1cc(C=C(NC(=O)c2ccccc2)C(=O)O)cc(I)c1OCc1ccc(F)cc1. The van der Waals surface area contributed by atoms with Crippen molar-refractivity contribution >= 4 is 40.5 Å². The van der Waals surface area contributed by atoms with Crippen LogP contribution in [0.3, 0.4) is 0 Å². The van der Waals surface area contributed by atoms with Gasteiger partial charge in [0.25, 0.3) is 5.91 Å². The van der Waals surface area contributed by atoms with Gasteiger partial charge in [0.05, 0.1) is 10.2 Å². The highest BCUT2D eigenvalue weighted by Crippen LogP contribution is 2.35. The summed E-state index contributed by atoms with van der Waals surface area (Å²) in [5, 5.41) is 12.0. The van der Waals surface area contributed by atoms with Gasteiger partial charge in [0, 0.05) is 5.56 Å². The minimum absolute atomic E-state index is 0.207. The molecule has 0 fully saturated rings. The lowest BCUT2D eigenvalue weighted by molar-refractivity contribution is -0.132. The number of nitrogens with one attached hydrogen (secondary N) is 1. The van der Waals surface area contributed by atoms with E-state index in [1.54, 1.807) is 54.6 Å². The zero-order valence-corrected chi connectivity index (χ0v) is 19.8. The molecule has 33 heavy (non-hydrogen) atoms. The van der Waals surface area contributed by atoms with Crippen LogP contribution in [0, 0.1) is 9.39 Å². The molecule has 3 aromatic rings. The molecule has 3 aromatic carbocycles. The number of carboxylic acid groups (broad SMARTS) is 1. The Balaban J connectivity index is 1.86. The van der Waals surface area contributed by atoms with E-state index in [1.165, 1.54) is 18.2 Å². The summed E-state index contributed by atoms with van der Waals surface area (Å²) in [6.07, 6.45) is 1.36. The molecule has 0 saturated heterocycles. The summed E-state index contributed by atoms with van der Waals surface area (Å²) in [7, 11) is 0. The molecule has 0 aliphatic rings. The molecule has 3 rings (SSSR count). The van der Waals surface area contributed by atoms with E-state index in [2.05, 4.69) is 27.9 Å². The number of amides is 1. The van der Waals surface area contributed by atoms with Gasteiger partial charge >= 0.3 is 5.97 Å². The maximum atomic E-state index is 13.1. The molecule has 0 unspecified atom stereocenters. The average molecular weight is 561 g/mol. The number of aliphatic carboxylic acids is 1. The highest BCUT2D eigenvalue weighted by atomic mass is 127. The zero-order valence-electron chi connectivity index (χ0n) is 17.7. The van der Waals surface area contributed by atoms with E-state index in [9.17, 15) is 19.1 Å². The third kappa shape index (κ3) is 6.79. The molecular formula is C25H21FINO5. The van der Waals surface area contributed by atoms with Gasteiger partial charge in [-0.25, -0.2) is 9.18 Å². The average Bonchev–Trinajstić information content (AvgIpc) is 2.80. The maximum absolute atomic E-state index is 13.1. The number of ether oxygens (including phenoxy) is 2. The summed E-state index contributed by atoms with van der Waals surface area (Å²) in [5.74, 6) is -1.21. The van der Waals surface area contributed by atoms with Crippen LogP contribution in [0.5, 0.6) is 11.5 Å². The Morgan fingerprint density at radius 3 is 2.39 bits per heavy atom. The van der Waals surface area contributed by atoms with Crippen LogP contribution in [-0.2, 0) is 11.4 Å². The molecule has 1 amide bonds. The second-order valence-electron chi connectivity index (χ2n) is 6.86. The minimum Gasteiger partial charge on any atom is -0.490 e. The lowest BCUT2D eigenvalue weighted by atomic mass is 10.1. The van der Waals surface area contributed by atoms with Crippen molar-refractivity contribution in [3.63, 3.8) is 0 Å². The molecular weight excluding hydrogens is 540 g/mol. The highest BCUT2D eigenvalue weighted by Gasteiger charge is 2.16. The largest absolute Gasteiger partial charge is 0.490 e. The van der Waals surface area contributed by atoms with Crippen molar-refractivity contribution in [2.24, 2.45) is 0 Å². The van der Waals surface area contributed by atoms with E-state index in [1.807, 2.05) is 6.92 Å². The van der Waals surface area contributed by atoms with Gasteiger partial charge < -0.3 is 19.9 Å². The molecule has 0 radical (unpaired) electrons. The van der Waals surface area contributed by atoms with Crippen molar-refractivity contribution in [2.45, 2.75) is 13.5 Å². The number of carbonyl (C=O) groups is 2. The first kappa shape index (κ1) is 24.2. The van der Waals surface area contributed by atoms with Gasteiger partial charge in [0.15, 0.2) is 11.5 Å². The number of benzene rings is 3. The monoisotopic (exact) mass is 561 g/mol. The molecule has 0 aromatic heterocycles. The molecule has 0 aliphatic carbocycles. The molecule has 8 heteroatoms. The smallest absolute Gasteiger partial charge is 0.352 e. The predicted molar refractivity (Wildman–Crippen MR) is 131 cm³/mol. The Kier molecular flexibility index (Phi) is 8.42. The molecule has 6 nitrogen and oxygen atoms in total. The fourth-order valence-corrected chi connectivity index (χ4v) is 3.69. The quantitative estimate of drug-likeness (QED) is 0.275. The van der Waals surface area contributed by atoms with Crippen LogP contribution in [0.4, 0.5) is 4.39 Å². The van der Waals surface area contributed by atoms with Crippen molar-refractivity contribution < 1.29 is 28.6 Å². The van der Waals surface area contributed by atoms with Gasteiger partial charge in [-0.2, -0.15) is 0 Å². The highest BCUT2D eigenvalue weighted by molar-refractivity contribution is 14.1. The Morgan fingerprint density at radius 2 is 1.76 bits per heavy atom. The molecule has 0 atom stereocenters. The summed E-state index contributed by atoms with van der Waals surface area (Å²) in [5.41, 5.74) is 1.37. The molecule has 2 N–H and O–H groups in total. The van der Waals surface area contributed by atoms with Gasteiger partial charge in [-0.1, -0.05) is 30.3 Å². The van der Waals surface area contributed by atoms with Gasteiger partial charge in [-0.3, -0.25) is 4.79 Å². The second-order valence-corrected chi connectivity index (χ2v) is 8.02. The zero-order chi connectivity index (χ0) is 23.8. The first-order valence-corrected chi connectivity index (χ1v) is 11.1. The molecule has 0 aliphatic heterocycles. The predicted octanol–water partition coefficient (Wildman–Crippen LogP) is 5.26. The summed E-state index contributed by atoms with van der Waals surface area (Å²) in [6, 6.07) is 17.7. The number of carboxylic acids is 1. The van der Waals surface area contributed by atoms with Crippen LogP contribution in [0.1, 0.15) is 28.4 Å². The lowest BCUT2D eigenvalue weighted by Crippen LogP contribution is -2.27. The molecule has 0 bridgehead atoms. The van der Waals surface area contributed by atoms with Gasteiger partial charge in [0.2, 0.25) is 0 Å². The second kappa shape index (κ2) is 11.5. The third-order valence-corrected chi connectivity index (χ3v) is 5.26. The van der Waals surface area contributed by atoms with E-state index in [4.69, 9.17) is 9.47 Å². The Labute approximate surface area is 204 Å². The first-order chi connectivity index (χ1) is 15.9. The Hall–Kier alpha value is -3.40. The number of halogens is 2. The third-order valence-electron chi connectivity index (χ3n) is 4.45. The van der Waals surface area contributed by atoms with Gasteiger partial charge in [-0.15, -0.1) is 0 Å². The van der Waals surface area contributed by atoms with Crippen LogP contribution in [0.2, 0.25) is 0 Å². The molecule has 0 spiro atoms. The van der Waals surface area contributed by atoms with E-state index in [-0.39, 0.29) is 18.1 Å². The van der Waals surface area contributed by atoms with Crippen molar-refractivity contribution in [3.8, 4) is 11.5 Å². The fraction of sp³-hybridized carbons (Fsp3) is 0.120. The summed E-state index contributed by atoms with van der Waals surface area (Å²) in [4.78, 5) is 24.1. The maximum Gasteiger partial charge on any atom is 0.352 e. The van der Waals surface area contributed by atoms with Crippen LogP contribution in [0.25, 0.3) is 6.08 Å². The van der Waals surface area contributed by atoms with Gasteiger partial charge in [0.1, 0.15) is 18.1 Å². The topological polar surface area (TPSA) is 84.9 Å². The Bertz CT molecular complexity index is 1160. The van der Waals surface area contributed by atoms with Crippen molar-refractivity contribution in [3.05, 3.63) is 98.5 Å². The number of hydrogen-bond acceptors (Lipinski definition) is 4. The van der Waals surface area contributed by atoms with Crippen LogP contribution in [-0.4, -0.2) is 23.6 Å². The normalized spacial score (nSPS) is 11.1. The van der Waals surface area contributed by atoms with E-state index >= 15 is 0 Å². The first-order valence-electron chi connectivity index (χ1n) is 10.0. The molecule has 0 saturated carbocycles. The van der Waals surface area contributed by atoms with E-state index in [0.717, 1.165) is 5.56 Å². The van der Waals surface area contributed by atoms with Crippen LogP contribution >= 0.6 is 22.6 Å². The fourth-order valence-electron chi connectivity index (χ4n) is 2.91. The Morgan fingerprint density at radius 1 is 1.06 bits per heavy atom. The van der Waals surface area contributed by atoms with Gasteiger partial charge in [-0.05, 0) is 83.1 Å². The van der Waals surface area contributed by atoms with Crippen LogP contribution in [0.15, 0.2) is 72.4 Å². The van der Waals surface area contributed by atoms with E-state index < -0.39 is 11.9 Å².